The van der Waals surface area contributed by atoms with Gasteiger partial charge >= 0.3 is 11.9 Å². The van der Waals surface area contributed by atoms with E-state index in [2.05, 4.69) is 23.6 Å². The maximum atomic E-state index is 12.1. The first-order valence-electron chi connectivity index (χ1n) is 10.7. The molecule has 0 amide bonds. The van der Waals surface area contributed by atoms with Crippen molar-refractivity contribution in [3.63, 3.8) is 0 Å². The number of rotatable bonds is 2. The van der Waals surface area contributed by atoms with Crippen molar-refractivity contribution in [3.8, 4) is 0 Å². The van der Waals surface area contributed by atoms with E-state index in [1.807, 2.05) is 6.92 Å². The molecule has 4 aliphatic rings. The molecule has 1 aromatic heterocycles. The highest BCUT2D eigenvalue weighted by Crippen LogP contribution is 2.50. The summed E-state index contributed by atoms with van der Waals surface area (Å²) in [5.41, 5.74) is 2.72. The van der Waals surface area contributed by atoms with Gasteiger partial charge < -0.3 is 23.5 Å². The molecule has 2 saturated heterocycles. The van der Waals surface area contributed by atoms with Gasteiger partial charge in [-0.1, -0.05) is 13.8 Å². The van der Waals surface area contributed by atoms with E-state index in [0.717, 1.165) is 31.5 Å². The second-order valence-corrected chi connectivity index (χ2v) is 8.75. The number of allylic oxidation sites excluding steroid dienone is 1. The van der Waals surface area contributed by atoms with E-state index in [0.29, 0.717) is 22.9 Å². The van der Waals surface area contributed by atoms with Crippen LogP contribution >= 0.6 is 0 Å². The zero-order valence-corrected chi connectivity index (χ0v) is 17.8. The lowest BCUT2D eigenvalue weighted by molar-refractivity contribution is -0.144. The molecule has 7 heteroatoms. The third kappa shape index (κ3) is 2.71. The Morgan fingerprint density at radius 3 is 2.60 bits per heavy atom. The number of carbonyl (C=O) groups is 2. The van der Waals surface area contributed by atoms with Gasteiger partial charge in [-0.3, -0.25) is 4.79 Å². The predicted octanol–water partition coefficient (Wildman–Crippen LogP) is 3.71. The van der Waals surface area contributed by atoms with Crippen molar-refractivity contribution in [3.05, 3.63) is 46.4 Å². The van der Waals surface area contributed by atoms with Gasteiger partial charge in [0, 0.05) is 30.5 Å². The Kier molecular flexibility index (Phi) is 4.45. The van der Waals surface area contributed by atoms with E-state index in [1.54, 1.807) is 14.0 Å². The Morgan fingerprint density at radius 1 is 1.13 bits per heavy atom. The molecule has 1 aromatic rings. The fourth-order valence-electron chi connectivity index (χ4n) is 5.34. The number of cyclic esters (lactones) is 2. The van der Waals surface area contributed by atoms with Crippen molar-refractivity contribution in [1.82, 2.24) is 4.57 Å². The summed E-state index contributed by atoms with van der Waals surface area (Å²) >= 11 is 0. The van der Waals surface area contributed by atoms with Gasteiger partial charge in [-0.05, 0) is 31.9 Å². The minimum absolute atomic E-state index is 0.00858. The number of methoxy groups -OCH3 is 1. The number of nitrogens with zero attached hydrogens (tertiary/aromatic N) is 1. The highest BCUT2D eigenvalue weighted by molar-refractivity contribution is 5.93. The predicted molar refractivity (Wildman–Crippen MR) is 106 cm³/mol. The van der Waals surface area contributed by atoms with Gasteiger partial charge in [0.15, 0.2) is 5.76 Å². The lowest BCUT2D eigenvalue weighted by atomic mass is 9.86. The quantitative estimate of drug-likeness (QED) is 0.688. The first-order valence-corrected chi connectivity index (χ1v) is 10.7. The fourth-order valence-corrected chi connectivity index (χ4v) is 5.34. The molecule has 0 saturated carbocycles. The van der Waals surface area contributed by atoms with Gasteiger partial charge in [-0.25, -0.2) is 4.79 Å². The Bertz CT molecular complexity index is 986. The average Bonchev–Trinajstić information content (AvgIpc) is 3.40. The Balaban J connectivity index is 1.52. The fraction of sp³-hybridized carbons (Fsp3) is 0.565. The second-order valence-electron chi connectivity index (χ2n) is 8.75. The zero-order chi connectivity index (χ0) is 21.2. The lowest BCUT2D eigenvalue weighted by Gasteiger charge is -2.20. The van der Waals surface area contributed by atoms with E-state index >= 15 is 0 Å². The van der Waals surface area contributed by atoms with E-state index in [4.69, 9.17) is 18.9 Å². The lowest BCUT2D eigenvalue weighted by Crippen LogP contribution is -2.18. The van der Waals surface area contributed by atoms with Crippen LogP contribution in [0.15, 0.2) is 35.0 Å². The Hall–Kier alpha value is -2.70. The topological polar surface area (TPSA) is 76.0 Å². The summed E-state index contributed by atoms with van der Waals surface area (Å²) in [5.74, 6) is 1.14. The molecule has 5 unspecified atom stereocenters. The smallest absolute Gasteiger partial charge is 0.343 e. The summed E-state index contributed by atoms with van der Waals surface area (Å²) in [7, 11) is 1.54. The van der Waals surface area contributed by atoms with Gasteiger partial charge in [0.2, 0.25) is 5.76 Å². The molecular formula is C23H27NO6. The molecule has 0 aliphatic carbocycles. The van der Waals surface area contributed by atoms with Crippen molar-refractivity contribution in [2.45, 2.75) is 64.7 Å². The van der Waals surface area contributed by atoms with Crippen LogP contribution in [-0.4, -0.2) is 29.7 Å². The van der Waals surface area contributed by atoms with Crippen molar-refractivity contribution in [2.75, 3.05) is 7.11 Å². The van der Waals surface area contributed by atoms with Crippen LogP contribution in [0.1, 0.15) is 63.4 Å². The molecule has 2 fully saturated rings. The average molecular weight is 413 g/mol. The first-order chi connectivity index (χ1) is 14.4. The van der Waals surface area contributed by atoms with Crippen LogP contribution in [0.25, 0.3) is 0 Å². The molecule has 4 aliphatic heterocycles. The molecule has 0 aromatic carbocycles. The molecule has 0 radical (unpaired) electrons. The van der Waals surface area contributed by atoms with E-state index in [1.165, 1.54) is 5.69 Å². The molecule has 5 heterocycles. The molecule has 0 N–H and O–H groups in total. The standard InChI is InChI=1S/C23H27NO6/c1-11-10-17(29-22(11)25)14-7-8-15-18-12(2)20(28-16(18)6-5-9-24(14)15)21-19(27-4)13(3)23(26)30-21/h7-8,11-12,16-18H,5-6,9-10H2,1-4H3. The van der Waals surface area contributed by atoms with Crippen LogP contribution in [-0.2, 0) is 35.1 Å². The van der Waals surface area contributed by atoms with Crippen LogP contribution in [0, 0.1) is 11.8 Å². The van der Waals surface area contributed by atoms with E-state index in [9.17, 15) is 9.59 Å². The highest BCUT2D eigenvalue weighted by atomic mass is 16.6. The molecule has 5 atom stereocenters. The molecule has 0 bridgehead atoms. The number of ether oxygens (including phenoxy) is 4. The van der Waals surface area contributed by atoms with Crippen LogP contribution in [0.2, 0.25) is 0 Å². The number of hydrogen-bond donors (Lipinski definition) is 0. The van der Waals surface area contributed by atoms with Gasteiger partial charge in [0.25, 0.3) is 0 Å². The van der Waals surface area contributed by atoms with Crippen molar-refractivity contribution in [2.24, 2.45) is 11.8 Å². The van der Waals surface area contributed by atoms with Gasteiger partial charge in [0.05, 0.1) is 24.3 Å². The van der Waals surface area contributed by atoms with Crippen LogP contribution < -0.4 is 0 Å². The Morgan fingerprint density at radius 2 is 1.90 bits per heavy atom. The highest BCUT2D eigenvalue weighted by Gasteiger charge is 2.47. The summed E-state index contributed by atoms with van der Waals surface area (Å²) in [6.45, 7) is 6.61. The monoisotopic (exact) mass is 413 g/mol. The summed E-state index contributed by atoms with van der Waals surface area (Å²) in [4.78, 5) is 24.0. The van der Waals surface area contributed by atoms with Gasteiger partial charge in [-0.2, -0.15) is 0 Å². The molecule has 160 valence electrons. The maximum Gasteiger partial charge on any atom is 0.343 e. The summed E-state index contributed by atoms with van der Waals surface area (Å²) in [6.07, 6.45) is 2.42. The van der Waals surface area contributed by atoms with Crippen LogP contribution in [0.4, 0.5) is 0 Å². The van der Waals surface area contributed by atoms with Crippen molar-refractivity contribution < 1.29 is 28.5 Å². The normalized spacial score (nSPS) is 35.5. The number of fused-ring (bicyclic) bond motifs is 3. The van der Waals surface area contributed by atoms with E-state index < -0.39 is 0 Å². The van der Waals surface area contributed by atoms with Crippen LogP contribution in [0.5, 0.6) is 0 Å². The number of aromatic nitrogens is 1. The zero-order valence-electron chi connectivity index (χ0n) is 17.8. The third-order valence-corrected chi connectivity index (χ3v) is 6.93. The Labute approximate surface area is 175 Å². The van der Waals surface area contributed by atoms with Crippen molar-refractivity contribution in [1.29, 1.82) is 0 Å². The largest absolute Gasteiger partial charge is 0.492 e. The SMILES string of the molecule is COC1=C(C)C(=O)OC1=C1OC2CCCn3c(C4CC(C)C(=O)O4)ccc3C2C1C. The minimum atomic E-state index is -0.389. The van der Waals surface area contributed by atoms with E-state index in [-0.39, 0.29) is 41.9 Å². The summed E-state index contributed by atoms with van der Waals surface area (Å²) in [6, 6.07) is 4.23. The molecule has 0 spiro atoms. The molecule has 5 rings (SSSR count). The molecule has 30 heavy (non-hydrogen) atoms. The summed E-state index contributed by atoms with van der Waals surface area (Å²) < 4.78 is 25.3. The third-order valence-electron chi connectivity index (χ3n) is 6.93. The summed E-state index contributed by atoms with van der Waals surface area (Å²) in [5, 5.41) is 0. The number of carbonyl (C=O) groups excluding carboxylic acids is 2. The molecular weight excluding hydrogens is 386 g/mol. The minimum Gasteiger partial charge on any atom is -0.492 e. The first kappa shape index (κ1) is 19.3. The van der Waals surface area contributed by atoms with Gasteiger partial charge in [-0.15, -0.1) is 0 Å². The van der Waals surface area contributed by atoms with Crippen molar-refractivity contribution >= 4 is 11.9 Å². The molecule has 7 nitrogen and oxygen atoms in total. The maximum absolute atomic E-state index is 12.1. The number of esters is 2. The number of hydrogen-bond acceptors (Lipinski definition) is 6. The second kappa shape index (κ2) is 6.93. The van der Waals surface area contributed by atoms with Gasteiger partial charge in [0.1, 0.15) is 18.0 Å². The van der Waals surface area contributed by atoms with Crippen LogP contribution in [0.3, 0.4) is 0 Å².